The van der Waals surface area contributed by atoms with Crippen molar-refractivity contribution in [3.8, 4) is 11.5 Å². The summed E-state index contributed by atoms with van der Waals surface area (Å²) in [5.74, 6) is -2.71. The summed E-state index contributed by atoms with van der Waals surface area (Å²) in [5.41, 5.74) is -0.589. The van der Waals surface area contributed by atoms with Gasteiger partial charge < -0.3 is 48.1 Å². The second-order valence-corrected chi connectivity index (χ2v) is 6.59. The van der Waals surface area contributed by atoms with Crippen LogP contribution in [-0.2, 0) is 28.4 Å². The molecule has 0 saturated carbocycles. The van der Waals surface area contributed by atoms with Crippen molar-refractivity contribution >= 4 is 11.9 Å². The zero-order valence-corrected chi connectivity index (χ0v) is 19.6. The Kier molecular flexibility index (Phi) is 16.4. The van der Waals surface area contributed by atoms with Crippen molar-refractivity contribution in [3.05, 3.63) is 23.3 Å². The number of carbonyl (C=O) groups is 2. The van der Waals surface area contributed by atoms with Crippen LogP contribution in [0.1, 0.15) is 20.7 Å². The quantitative estimate of drug-likeness (QED) is 0.225. The average molecular weight is 491 g/mol. The van der Waals surface area contributed by atoms with Crippen LogP contribution in [0.25, 0.3) is 0 Å². The van der Waals surface area contributed by atoms with E-state index >= 15 is 0 Å². The second-order valence-electron chi connectivity index (χ2n) is 6.59. The lowest BCUT2D eigenvalue weighted by Gasteiger charge is -2.15. The van der Waals surface area contributed by atoms with Crippen molar-refractivity contribution in [2.45, 2.75) is 0 Å². The Bertz CT molecular complexity index is 654. The fraction of sp³-hybridized carbons (Fsp3) is 0.636. The van der Waals surface area contributed by atoms with Gasteiger partial charge in [-0.05, 0) is 6.07 Å². The molecule has 0 amide bonds. The summed E-state index contributed by atoms with van der Waals surface area (Å²) in [5, 5.41) is 18.9. The summed E-state index contributed by atoms with van der Waals surface area (Å²) in [4.78, 5) is 23.2. The minimum absolute atomic E-state index is 0.0279. The first kappa shape index (κ1) is 29.6. The maximum atomic E-state index is 11.6. The van der Waals surface area contributed by atoms with Gasteiger partial charge in [0, 0.05) is 20.3 Å². The van der Waals surface area contributed by atoms with Gasteiger partial charge in [-0.25, -0.2) is 9.59 Å². The smallest absolute Gasteiger partial charge is 0.339 e. The van der Waals surface area contributed by atoms with Crippen molar-refractivity contribution in [3.63, 3.8) is 0 Å². The van der Waals surface area contributed by atoms with Gasteiger partial charge in [-0.2, -0.15) is 0 Å². The number of ether oxygens (including phenoxy) is 8. The van der Waals surface area contributed by atoms with Crippen molar-refractivity contribution in [2.24, 2.45) is 0 Å². The van der Waals surface area contributed by atoms with Gasteiger partial charge in [-0.15, -0.1) is 0 Å². The van der Waals surface area contributed by atoms with Gasteiger partial charge in [-0.3, -0.25) is 0 Å². The van der Waals surface area contributed by atoms with E-state index in [9.17, 15) is 19.8 Å². The van der Waals surface area contributed by atoms with Gasteiger partial charge in [0.2, 0.25) is 0 Å². The highest BCUT2D eigenvalue weighted by atomic mass is 16.6. The topological polar surface area (TPSA) is 148 Å². The molecule has 1 aromatic rings. The lowest BCUT2D eigenvalue weighted by molar-refractivity contribution is 0.0173. The van der Waals surface area contributed by atoms with E-state index in [4.69, 9.17) is 37.9 Å². The monoisotopic (exact) mass is 490 g/mol. The molecule has 0 atom stereocenters. The van der Waals surface area contributed by atoms with E-state index < -0.39 is 11.9 Å². The number of carboxylic acids is 2. The maximum Gasteiger partial charge on any atom is 0.339 e. The van der Waals surface area contributed by atoms with Crippen LogP contribution in [0.3, 0.4) is 0 Å². The summed E-state index contributed by atoms with van der Waals surface area (Å²) in [7, 11) is 3.16. The second kappa shape index (κ2) is 18.9. The Morgan fingerprint density at radius 2 is 0.882 bits per heavy atom. The minimum Gasteiger partial charge on any atom is -0.490 e. The zero-order chi connectivity index (χ0) is 25.0. The van der Waals surface area contributed by atoms with Crippen LogP contribution in [0, 0.1) is 0 Å². The predicted octanol–water partition coefficient (Wildman–Crippen LogP) is 1.20. The molecule has 194 valence electrons. The van der Waals surface area contributed by atoms with Crippen molar-refractivity contribution < 1.29 is 57.7 Å². The number of hydrogen-bond donors (Lipinski definition) is 2. The van der Waals surface area contributed by atoms with Gasteiger partial charge >= 0.3 is 11.9 Å². The molecule has 0 bridgehead atoms. The molecule has 0 radical (unpaired) electrons. The molecule has 0 unspecified atom stereocenters. The Hall–Kier alpha value is -2.48. The maximum absolute atomic E-state index is 11.6. The van der Waals surface area contributed by atoms with Crippen LogP contribution >= 0.6 is 0 Å². The third kappa shape index (κ3) is 12.7. The number of rotatable bonds is 22. The molecule has 0 aliphatic rings. The summed E-state index contributed by atoms with van der Waals surface area (Å²) in [6.45, 7) is 3.83. The van der Waals surface area contributed by atoms with E-state index in [1.165, 1.54) is 6.07 Å². The molecule has 12 heteroatoms. The first-order valence-corrected chi connectivity index (χ1v) is 10.7. The molecule has 0 heterocycles. The Labute approximate surface area is 198 Å². The summed E-state index contributed by atoms with van der Waals surface area (Å²) < 4.78 is 42.0. The minimum atomic E-state index is -1.33. The fourth-order valence-electron chi connectivity index (χ4n) is 2.48. The van der Waals surface area contributed by atoms with E-state index in [0.717, 1.165) is 6.07 Å². The molecule has 12 nitrogen and oxygen atoms in total. The standard InChI is InChI=1S/C22H34O12/c1-27-3-5-29-7-9-31-11-13-33-19-16-20(18(22(25)26)15-17(19)21(23)24)34-14-12-32-10-8-30-6-4-28-2/h15-16H,3-14H2,1-2H3,(H,23,24)(H,25,26). The van der Waals surface area contributed by atoms with Crippen LogP contribution in [0.5, 0.6) is 11.5 Å². The molecule has 0 aliphatic carbocycles. The average Bonchev–Trinajstić information content (AvgIpc) is 2.81. The number of hydrogen-bond acceptors (Lipinski definition) is 10. The molecule has 0 saturated heterocycles. The van der Waals surface area contributed by atoms with Crippen LogP contribution < -0.4 is 9.47 Å². The normalized spacial score (nSPS) is 10.9. The van der Waals surface area contributed by atoms with Crippen LogP contribution in [0.15, 0.2) is 12.1 Å². The fourth-order valence-corrected chi connectivity index (χ4v) is 2.48. The molecule has 34 heavy (non-hydrogen) atoms. The van der Waals surface area contributed by atoms with Crippen LogP contribution in [-0.4, -0.2) is 116 Å². The van der Waals surface area contributed by atoms with Gasteiger partial charge in [0.15, 0.2) is 0 Å². The molecule has 1 aromatic carbocycles. The molecular formula is C22H34O12. The Morgan fingerprint density at radius 1 is 0.559 bits per heavy atom. The first-order chi connectivity index (χ1) is 16.5. The highest BCUT2D eigenvalue weighted by Crippen LogP contribution is 2.30. The Morgan fingerprint density at radius 3 is 1.21 bits per heavy atom. The van der Waals surface area contributed by atoms with Crippen molar-refractivity contribution in [2.75, 3.05) is 93.5 Å². The predicted molar refractivity (Wildman–Crippen MR) is 118 cm³/mol. The lowest BCUT2D eigenvalue weighted by Crippen LogP contribution is -2.15. The Balaban J connectivity index is 2.55. The third-order valence-corrected chi connectivity index (χ3v) is 4.12. The number of methoxy groups -OCH3 is 2. The molecular weight excluding hydrogens is 456 g/mol. The third-order valence-electron chi connectivity index (χ3n) is 4.12. The van der Waals surface area contributed by atoms with E-state index in [1.807, 2.05) is 0 Å². The highest BCUT2D eigenvalue weighted by molar-refractivity contribution is 5.98. The molecule has 1 rings (SSSR count). The number of benzene rings is 1. The van der Waals surface area contributed by atoms with E-state index in [0.29, 0.717) is 52.9 Å². The zero-order valence-electron chi connectivity index (χ0n) is 19.6. The molecule has 0 fully saturated rings. The van der Waals surface area contributed by atoms with Crippen molar-refractivity contribution in [1.82, 2.24) is 0 Å². The summed E-state index contributed by atoms with van der Waals surface area (Å²) >= 11 is 0. The number of aromatic carboxylic acids is 2. The van der Waals surface area contributed by atoms with E-state index in [-0.39, 0.29) is 49.1 Å². The summed E-state index contributed by atoms with van der Waals surface area (Å²) in [6, 6.07) is 2.25. The summed E-state index contributed by atoms with van der Waals surface area (Å²) in [6.07, 6.45) is 0. The van der Waals surface area contributed by atoms with E-state index in [2.05, 4.69) is 0 Å². The lowest BCUT2D eigenvalue weighted by atomic mass is 10.1. The molecule has 2 N–H and O–H groups in total. The van der Waals surface area contributed by atoms with Gasteiger partial charge in [0.05, 0.1) is 66.1 Å². The van der Waals surface area contributed by atoms with E-state index in [1.54, 1.807) is 14.2 Å². The first-order valence-electron chi connectivity index (χ1n) is 10.7. The molecule has 0 aliphatic heterocycles. The van der Waals surface area contributed by atoms with Gasteiger partial charge in [-0.1, -0.05) is 0 Å². The van der Waals surface area contributed by atoms with Gasteiger partial charge in [0.25, 0.3) is 0 Å². The number of carboxylic acid groups (broad SMARTS) is 2. The van der Waals surface area contributed by atoms with Crippen molar-refractivity contribution in [1.29, 1.82) is 0 Å². The molecule has 0 spiro atoms. The van der Waals surface area contributed by atoms with Crippen LogP contribution in [0.4, 0.5) is 0 Å². The molecule has 0 aromatic heterocycles. The SMILES string of the molecule is COCCOCCOCCOc1cc(OCCOCCOCCOC)c(C(=O)O)cc1C(=O)O. The van der Waals surface area contributed by atoms with Crippen LogP contribution in [0.2, 0.25) is 0 Å². The highest BCUT2D eigenvalue weighted by Gasteiger charge is 2.21. The van der Waals surface area contributed by atoms with Gasteiger partial charge in [0.1, 0.15) is 35.8 Å². The largest absolute Gasteiger partial charge is 0.490 e.